The Morgan fingerprint density at radius 1 is 1.38 bits per heavy atom. The van der Waals surface area contributed by atoms with Crippen LogP contribution in [0.5, 0.6) is 0 Å². The van der Waals surface area contributed by atoms with Gasteiger partial charge in [-0.25, -0.2) is 4.39 Å². The number of H-pyrrole nitrogens is 2. The third kappa shape index (κ3) is 2.84. The van der Waals surface area contributed by atoms with Gasteiger partial charge < -0.3 is 20.4 Å². The third-order valence-electron chi connectivity index (χ3n) is 3.95. The summed E-state index contributed by atoms with van der Waals surface area (Å²) in [7, 11) is 0. The molecule has 2 aromatic rings. The molecule has 1 aliphatic carbocycles. The van der Waals surface area contributed by atoms with Gasteiger partial charge in [-0.05, 0) is 37.2 Å². The lowest BCUT2D eigenvalue weighted by atomic mass is 10.0. The number of carbonyl (C=O) groups excluding carboxylic acids is 1. The summed E-state index contributed by atoms with van der Waals surface area (Å²) in [6.07, 6.45) is 3.28. The van der Waals surface area contributed by atoms with Gasteiger partial charge in [0.1, 0.15) is 5.82 Å². The average Bonchev–Trinajstić information content (AvgIpc) is 3.01. The number of rotatable bonds is 3. The number of hydrogen-bond donors (Lipinski definition) is 4. The molecule has 0 atom stereocenters. The summed E-state index contributed by atoms with van der Waals surface area (Å²) < 4.78 is 13.9. The Balaban J connectivity index is 1.85. The van der Waals surface area contributed by atoms with Gasteiger partial charge in [0.05, 0.1) is 22.2 Å². The van der Waals surface area contributed by atoms with Crippen LogP contribution in [0.25, 0.3) is 11.0 Å². The topological polar surface area (TPSA) is 80.9 Å². The lowest BCUT2D eigenvalue weighted by Gasteiger charge is -2.22. The number of amides is 1. The first-order chi connectivity index (χ1) is 9.97. The van der Waals surface area contributed by atoms with Crippen LogP contribution in [0.2, 0.25) is 0 Å². The zero-order valence-corrected chi connectivity index (χ0v) is 12.1. The van der Waals surface area contributed by atoms with E-state index < -0.39 is 17.3 Å². The van der Waals surface area contributed by atoms with E-state index in [1.165, 1.54) is 6.07 Å². The predicted octanol–water partition coefficient (Wildman–Crippen LogP) is 2.40. The van der Waals surface area contributed by atoms with E-state index in [4.69, 9.17) is 12.2 Å². The van der Waals surface area contributed by atoms with Crippen LogP contribution in [0.4, 0.5) is 4.39 Å². The molecule has 21 heavy (non-hydrogen) atoms. The maximum absolute atomic E-state index is 13.6. The minimum atomic E-state index is -0.840. The van der Waals surface area contributed by atoms with Crippen molar-refractivity contribution in [3.63, 3.8) is 0 Å². The second kappa shape index (κ2) is 5.23. The maximum atomic E-state index is 13.6. The first-order valence-electron chi connectivity index (χ1n) is 6.89. The fourth-order valence-electron chi connectivity index (χ4n) is 2.84. The molecule has 1 aromatic carbocycles. The molecule has 0 radical (unpaired) electrons. The van der Waals surface area contributed by atoms with Gasteiger partial charge in [-0.1, -0.05) is 12.8 Å². The smallest absolute Gasteiger partial charge is 0.253 e. The van der Waals surface area contributed by atoms with Crippen molar-refractivity contribution in [2.45, 2.75) is 31.3 Å². The van der Waals surface area contributed by atoms with E-state index in [1.54, 1.807) is 0 Å². The number of imidazole rings is 1. The molecule has 3 rings (SSSR count). The highest BCUT2D eigenvalue weighted by Gasteiger charge is 2.31. The van der Waals surface area contributed by atoms with E-state index in [-0.39, 0.29) is 12.1 Å². The van der Waals surface area contributed by atoms with E-state index in [0.29, 0.717) is 28.6 Å². The molecule has 0 spiro atoms. The van der Waals surface area contributed by atoms with Crippen LogP contribution in [0.3, 0.4) is 0 Å². The van der Waals surface area contributed by atoms with Crippen LogP contribution in [0.15, 0.2) is 12.1 Å². The Morgan fingerprint density at radius 2 is 2.10 bits per heavy atom. The predicted molar refractivity (Wildman–Crippen MR) is 79.2 cm³/mol. The second-order valence-electron chi connectivity index (χ2n) is 5.57. The normalized spacial score (nSPS) is 17.2. The summed E-state index contributed by atoms with van der Waals surface area (Å²) in [6, 6.07) is 2.44. The van der Waals surface area contributed by atoms with Crippen molar-refractivity contribution in [3.05, 3.63) is 28.3 Å². The summed E-state index contributed by atoms with van der Waals surface area (Å²) in [5.41, 5.74) is 0.258. The lowest BCUT2D eigenvalue weighted by molar-refractivity contribution is 0.0450. The molecule has 0 unspecified atom stereocenters. The Kier molecular flexibility index (Phi) is 3.54. The van der Waals surface area contributed by atoms with Crippen molar-refractivity contribution in [3.8, 4) is 0 Å². The van der Waals surface area contributed by atoms with Crippen LogP contribution in [0.1, 0.15) is 36.0 Å². The molecule has 0 bridgehead atoms. The minimum absolute atomic E-state index is 0.176. The number of aliphatic hydroxyl groups is 1. The molecule has 1 amide bonds. The summed E-state index contributed by atoms with van der Waals surface area (Å²) in [5, 5.41) is 12.9. The monoisotopic (exact) mass is 309 g/mol. The molecule has 5 nitrogen and oxygen atoms in total. The number of benzene rings is 1. The van der Waals surface area contributed by atoms with E-state index in [9.17, 15) is 14.3 Å². The summed E-state index contributed by atoms with van der Waals surface area (Å²) in [4.78, 5) is 17.9. The maximum Gasteiger partial charge on any atom is 0.253 e. The number of aromatic amines is 2. The van der Waals surface area contributed by atoms with Crippen molar-refractivity contribution < 1.29 is 14.3 Å². The molecule has 1 heterocycles. The van der Waals surface area contributed by atoms with Crippen molar-refractivity contribution in [1.82, 2.24) is 15.3 Å². The van der Waals surface area contributed by atoms with Gasteiger partial charge in [-0.15, -0.1) is 0 Å². The molecule has 0 aliphatic heterocycles. The van der Waals surface area contributed by atoms with Crippen molar-refractivity contribution in [2.24, 2.45) is 0 Å². The SMILES string of the molecule is O=C(NCC1(O)CCCC1)c1cc(F)cc2[nH]c(=S)[nH]c12. The molecule has 1 saturated carbocycles. The molecule has 1 aliphatic rings. The molecule has 1 aromatic heterocycles. The fourth-order valence-corrected chi connectivity index (χ4v) is 3.05. The van der Waals surface area contributed by atoms with Gasteiger partial charge in [0.2, 0.25) is 0 Å². The molecule has 112 valence electrons. The standard InChI is InChI=1S/C14H16FN3O2S/c15-8-5-9(11-10(6-8)17-13(21)18-11)12(19)16-7-14(20)3-1-2-4-14/h5-6,20H,1-4,7H2,(H,16,19)(H2,17,18,21). The average molecular weight is 309 g/mol. The largest absolute Gasteiger partial charge is 0.388 e. The second-order valence-corrected chi connectivity index (χ2v) is 5.98. The zero-order valence-electron chi connectivity index (χ0n) is 11.3. The van der Waals surface area contributed by atoms with Crippen LogP contribution < -0.4 is 5.32 Å². The Morgan fingerprint density at radius 3 is 2.81 bits per heavy atom. The molecule has 1 fully saturated rings. The fraction of sp³-hybridized carbons (Fsp3) is 0.429. The highest BCUT2D eigenvalue weighted by molar-refractivity contribution is 7.71. The molecule has 4 N–H and O–H groups in total. The third-order valence-corrected chi connectivity index (χ3v) is 4.15. The number of halogens is 1. The minimum Gasteiger partial charge on any atom is -0.388 e. The van der Waals surface area contributed by atoms with Gasteiger partial charge >= 0.3 is 0 Å². The van der Waals surface area contributed by atoms with Gasteiger partial charge in [0.25, 0.3) is 5.91 Å². The lowest BCUT2D eigenvalue weighted by Crippen LogP contribution is -2.40. The quantitative estimate of drug-likeness (QED) is 0.657. The van der Waals surface area contributed by atoms with Crippen LogP contribution in [-0.4, -0.2) is 33.1 Å². The van der Waals surface area contributed by atoms with Gasteiger partial charge in [-0.2, -0.15) is 0 Å². The number of fused-ring (bicyclic) bond motifs is 1. The molecule has 7 heteroatoms. The first-order valence-corrected chi connectivity index (χ1v) is 7.30. The van der Waals surface area contributed by atoms with Crippen molar-refractivity contribution in [1.29, 1.82) is 0 Å². The van der Waals surface area contributed by atoms with Crippen LogP contribution in [0, 0.1) is 10.6 Å². The summed E-state index contributed by atoms with van der Waals surface area (Å²) in [6.45, 7) is 0.176. The van der Waals surface area contributed by atoms with E-state index in [2.05, 4.69) is 15.3 Å². The Labute approximate surface area is 125 Å². The highest BCUT2D eigenvalue weighted by atomic mass is 32.1. The number of aromatic nitrogens is 2. The van der Waals surface area contributed by atoms with Crippen LogP contribution in [-0.2, 0) is 0 Å². The van der Waals surface area contributed by atoms with Crippen molar-refractivity contribution in [2.75, 3.05) is 6.54 Å². The first kappa shape index (κ1) is 14.2. The summed E-state index contributed by atoms with van der Waals surface area (Å²) in [5.74, 6) is -0.942. The molecular formula is C14H16FN3O2S. The van der Waals surface area contributed by atoms with Gasteiger partial charge in [-0.3, -0.25) is 4.79 Å². The number of carbonyl (C=O) groups is 1. The van der Waals surface area contributed by atoms with E-state index >= 15 is 0 Å². The molecular weight excluding hydrogens is 293 g/mol. The van der Waals surface area contributed by atoms with E-state index in [0.717, 1.165) is 18.9 Å². The number of nitrogens with one attached hydrogen (secondary N) is 3. The van der Waals surface area contributed by atoms with Crippen LogP contribution >= 0.6 is 12.2 Å². The van der Waals surface area contributed by atoms with E-state index in [1.807, 2.05) is 0 Å². The van der Waals surface area contributed by atoms with Gasteiger partial charge in [0, 0.05) is 6.54 Å². The Hall–Kier alpha value is -1.73. The zero-order chi connectivity index (χ0) is 15.0. The Bertz CT molecular complexity index is 746. The number of hydrogen-bond acceptors (Lipinski definition) is 3. The van der Waals surface area contributed by atoms with Gasteiger partial charge in [0.15, 0.2) is 4.77 Å². The van der Waals surface area contributed by atoms with Crippen molar-refractivity contribution >= 4 is 29.2 Å². The summed E-state index contributed by atoms with van der Waals surface area (Å²) >= 11 is 4.97. The molecule has 0 saturated heterocycles. The highest BCUT2D eigenvalue weighted by Crippen LogP contribution is 2.28.